The molecule has 1 heterocycles. The third-order valence-electron chi connectivity index (χ3n) is 3.57. The molecule has 1 aromatic heterocycles. The second-order valence-electron chi connectivity index (χ2n) is 5.08. The molecule has 6 heteroatoms. The second-order valence-corrected chi connectivity index (χ2v) is 5.08. The minimum atomic E-state index is -1.04. The summed E-state index contributed by atoms with van der Waals surface area (Å²) in [6.07, 6.45) is 5.81. The molecule has 0 bridgehead atoms. The maximum atomic E-state index is 11.6. The first-order valence-corrected chi connectivity index (χ1v) is 6.30. The van der Waals surface area contributed by atoms with Crippen molar-refractivity contribution >= 4 is 11.8 Å². The van der Waals surface area contributed by atoms with Crippen LogP contribution in [0.3, 0.4) is 0 Å². The molecule has 0 amide bonds. The lowest BCUT2D eigenvalue weighted by molar-refractivity contribution is -0.144. The SMILES string of the molecule is CC1CCCC(Nc2nccnc2C#N)(C(=O)O)C1. The zero-order valence-corrected chi connectivity index (χ0v) is 10.8. The number of nitrogens with zero attached hydrogens (tertiary/aromatic N) is 3. The molecule has 0 radical (unpaired) electrons. The Hall–Kier alpha value is -2.16. The Morgan fingerprint density at radius 3 is 2.95 bits per heavy atom. The molecule has 1 aliphatic rings. The molecule has 0 aromatic carbocycles. The lowest BCUT2D eigenvalue weighted by Gasteiger charge is -2.37. The Morgan fingerprint density at radius 1 is 1.58 bits per heavy atom. The molecule has 1 aliphatic carbocycles. The van der Waals surface area contributed by atoms with Crippen molar-refractivity contribution in [2.45, 2.75) is 38.1 Å². The number of nitriles is 1. The van der Waals surface area contributed by atoms with E-state index in [0.29, 0.717) is 18.8 Å². The van der Waals surface area contributed by atoms with Gasteiger partial charge in [0.25, 0.3) is 0 Å². The van der Waals surface area contributed by atoms with Crippen LogP contribution in [0, 0.1) is 17.2 Å². The Kier molecular flexibility index (Phi) is 3.65. The van der Waals surface area contributed by atoms with Gasteiger partial charge in [-0.3, -0.25) is 0 Å². The Balaban J connectivity index is 2.31. The fourth-order valence-electron chi connectivity index (χ4n) is 2.65. The number of carboxylic acid groups (broad SMARTS) is 1. The Morgan fingerprint density at radius 2 is 2.32 bits per heavy atom. The number of anilines is 1. The molecule has 6 nitrogen and oxygen atoms in total. The summed E-state index contributed by atoms with van der Waals surface area (Å²) in [6, 6.07) is 1.92. The van der Waals surface area contributed by atoms with Crippen molar-refractivity contribution in [3.8, 4) is 6.07 Å². The summed E-state index contributed by atoms with van der Waals surface area (Å²) in [4.78, 5) is 19.6. The summed E-state index contributed by atoms with van der Waals surface area (Å²) in [5.41, 5.74) is -0.916. The smallest absolute Gasteiger partial charge is 0.329 e. The van der Waals surface area contributed by atoms with Crippen molar-refractivity contribution in [1.82, 2.24) is 9.97 Å². The summed E-state index contributed by atoms with van der Waals surface area (Å²) < 4.78 is 0. The van der Waals surface area contributed by atoms with Crippen LogP contribution >= 0.6 is 0 Å². The van der Waals surface area contributed by atoms with Gasteiger partial charge in [-0.15, -0.1) is 0 Å². The third-order valence-corrected chi connectivity index (χ3v) is 3.57. The molecule has 100 valence electrons. The van der Waals surface area contributed by atoms with Crippen LogP contribution < -0.4 is 5.32 Å². The largest absolute Gasteiger partial charge is 0.480 e. The first-order valence-electron chi connectivity index (χ1n) is 6.30. The zero-order chi connectivity index (χ0) is 13.9. The van der Waals surface area contributed by atoms with Gasteiger partial charge in [-0.1, -0.05) is 19.8 Å². The van der Waals surface area contributed by atoms with Crippen LogP contribution in [0.25, 0.3) is 0 Å². The van der Waals surface area contributed by atoms with E-state index in [4.69, 9.17) is 5.26 Å². The Labute approximate surface area is 111 Å². The van der Waals surface area contributed by atoms with Gasteiger partial charge in [-0.05, 0) is 18.8 Å². The highest BCUT2D eigenvalue weighted by molar-refractivity contribution is 5.83. The van der Waals surface area contributed by atoms with Crippen molar-refractivity contribution in [3.63, 3.8) is 0 Å². The normalized spacial score (nSPS) is 26.4. The molecular weight excluding hydrogens is 244 g/mol. The van der Waals surface area contributed by atoms with E-state index in [1.54, 1.807) is 0 Å². The molecule has 0 aliphatic heterocycles. The second kappa shape index (κ2) is 5.22. The van der Waals surface area contributed by atoms with Gasteiger partial charge in [0.2, 0.25) is 0 Å². The summed E-state index contributed by atoms with van der Waals surface area (Å²) in [6.45, 7) is 2.04. The molecule has 19 heavy (non-hydrogen) atoms. The average molecular weight is 260 g/mol. The van der Waals surface area contributed by atoms with Crippen molar-refractivity contribution in [2.24, 2.45) is 5.92 Å². The highest BCUT2D eigenvalue weighted by Gasteiger charge is 2.42. The molecule has 2 atom stereocenters. The highest BCUT2D eigenvalue weighted by Crippen LogP contribution is 2.35. The zero-order valence-electron chi connectivity index (χ0n) is 10.8. The van der Waals surface area contributed by atoms with Crippen LogP contribution in [0.2, 0.25) is 0 Å². The number of nitrogens with one attached hydrogen (secondary N) is 1. The van der Waals surface area contributed by atoms with E-state index in [9.17, 15) is 9.90 Å². The number of aliphatic carboxylic acids is 1. The topological polar surface area (TPSA) is 98.9 Å². The Bertz CT molecular complexity index is 526. The van der Waals surface area contributed by atoms with Gasteiger partial charge in [0.05, 0.1) is 0 Å². The number of carbonyl (C=O) groups is 1. The quantitative estimate of drug-likeness (QED) is 0.859. The third kappa shape index (κ3) is 2.65. The van der Waals surface area contributed by atoms with E-state index < -0.39 is 11.5 Å². The number of rotatable bonds is 3. The van der Waals surface area contributed by atoms with Crippen LogP contribution in [0.1, 0.15) is 38.3 Å². The molecule has 1 aromatic rings. The first-order chi connectivity index (χ1) is 9.07. The summed E-state index contributed by atoms with van der Waals surface area (Å²) in [5.74, 6) is -0.311. The van der Waals surface area contributed by atoms with Gasteiger partial charge >= 0.3 is 5.97 Å². The van der Waals surface area contributed by atoms with E-state index >= 15 is 0 Å². The summed E-state index contributed by atoms with van der Waals surface area (Å²) in [5, 5.41) is 21.5. The molecule has 1 fully saturated rings. The van der Waals surface area contributed by atoms with Crippen LogP contribution in [-0.2, 0) is 4.79 Å². The molecule has 2 N–H and O–H groups in total. The molecular formula is C13H16N4O2. The summed E-state index contributed by atoms with van der Waals surface area (Å²) >= 11 is 0. The van der Waals surface area contributed by atoms with E-state index in [0.717, 1.165) is 12.8 Å². The molecule has 2 rings (SSSR count). The van der Waals surface area contributed by atoms with Gasteiger partial charge in [0.1, 0.15) is 11.6 Å². The number of hydrogen-bond donors (Lipinski definition) is 2. The van der Waals surface area contributed by atoms with Gasteiger partial charge in [-0.2, -0.15) is 5.26 Å². The maximum absolute atomic E-state index is 11.6. The number of aromatic nitrogens is 2. The fourth-order valence-corrected chi connectivity index (χ4v) is 2.65. The van der Waals surface area contributed by atoms with Gasteiger partial charge in [0.15, 0.2) is 11.5 Å². The van der Waals surface area contributed by atoms with E-state index in [-0.39, 0.29) is 11.5 Å². The molecule has 0 saturated heterocycles. The van der Waals surface area contributed by atoms with Crippen LogP contribution in [0.15, 0.2) is 12.4 Å². The minimum Gasteiger partial charge on any atom is -0.480 e. The van der Waals surface area contributed by atoms with Crippen LogP contribution in [-0.4, -0.2) is 26.6 Å². The van der Waals surface area contributed by atoms with Crippen molar-refractivity contribution in [3.05, 3.63) is 18.1 Å². The van der Waals surface area contributed by atoms with Crippen molar-refractivity contribution in [1.29, 1.82) is 5.26 Å². The van der Waals surface area contributed by atoms with Crippen molar-refractivity contribution < 1.29 is 9.90 Å². The number of hydrogen-bond acceptors (Lipinski definition) is 5. The standard InChI is InChI=1S/C13H16N4O2/c1-9-3-2-4-13(7-9,12(18)19)17-11-10(8-14)15-5-6-16-11/h5-6,9H,2-4,7H2,1H3,(H,16,17)(H,18,19). The summed E-state index contributed by atoms with van der Waals surface area (Å²) in [7, 11) is 0. The van der Waals surface area contributed by atoms with Crippen molar-refractivity contribution in [2.75, 3.05) is 5.32 Å². The van der Waals surface area contributed by atoms with Gasteiger partial charge in [-0.25, -0.2) is 14.8 Å². The average Bonchev–Trinajstić information content (AvgIpc) is 2.39. The van der Waals surface area contributed by atoms with Gasteiger partial charge < -0.3 is 10.4 Å². The minimum absolute atomic E-state index is 0.126. The highest BCUT2D eigenvalue weighted by atomic mass is 16.4. The number of carboxylic acids is 1. The molecule has 1 saturated carbocycles. The lowest BCUT2D eigenvalue weighted by atomic mass is 9.76. The van der Waals surface area contributed by atoms with Gasteiger partial charge in [0, 0.05) is 12.4 Å². The van der Waals surface area contributed by atoms with Crippen LogP contribution in [0.4, 0.5) is 5.82 Å². The van der Waals surface area contributed by atoms with Crippen LogP contribution in [0.5, 0.6) is 0 Å². The molecule has 0 spiro atoms. The maximum Gasteiger partial charge on any atom is 0.329 e. The first kappa shape index (κ1) is 13.3. The lowest BCUT2D eigenvalue weighted by Crippen LogP contribution is -2.50. The van der Waals surface area contributed by atoms with E-state index in [2.05, 4.69) is 15.3 Å². The predicted molar refractivity (Wildman–Crippen MR) is 68.4 cm³/mol. The fraction of sp³-hybridized carbons (Fsp3) is 0.538. The monoisotopic (exact) mass is 260 g/mol. The van der Waals surface area contributed by atoms with E-state index in [1.807, 2.05) is 13.0 Å². The van der Waals surface area contributed by atoms with E-state index in [1.165, 1.54) is 12.4 Å². The predicted octanol–water partition coefficient (Wildman–Crippen LogP) is 1.79. The molecule has 2 unspecified atom stereocenters.